The van der Waals surface area contributed by atoms with Crippen molar-refractivity contribution in [2.75, 3.05) is 0 Å². The summed E-state index contributed by atoms with van der Waals surface area (Å²) in [6.45, 7) is 0. The lowest BCUT2D eigenvalue weighted by molar-refractivity contribution is 0.454. The van der Waals surface area contributed by atoms with Crippen molar-refractivity contribution in [1.82, 2.24) is 4.98 Å². The van der Waals surface area contributed by atoms with Crippen LogP contribution in [0.4, 0.5) is 0 Å². The zero-order valence-electron chi connectivity index (χ0n) is 22.2. The van der Waals surface area contributed by atoms with Gasteiger partial charge in [-0.25, -0.2) is 0 Å². The van der Waals surface area contributed by atoms with E-state index in [9.17, 15) is 5.11 Å². The van der Waals surface area contributed by atoms with E-state index in [2.05, 4.69) is 95.8 Å². The number of phenols is 1. The van der Waals surface area contributed by atoms with Gasteiger partial charge in [0.15, 0.2) is 0 Å². The van der Waals surface area contributed by atoms with Crippen LogP contribution in [-0.2, 0) is 5.41 Å². The molecule has 2 aromatic heterocycles. The molecule has 194 valence electrons. The van der Waals surface area contributed by atoms with Gasteiger partial charge in [-0.1, -0.05) is 96.9 Å². The van der Waals surface area contributed by atoms with E-state index in [1.807, 2.05) is 35.6 Å². The number of terminal acetylenes is 1. The Morgan fingerprint density at radius 2 is 1.56 bits per heavy atom. The molecule has 0 saturated heterocycles. The molecule has 2 N–H and O–H groups in total. The summed E-state index contributed by atoms with van der Waals surface area (Å²) in [6.07, 6.45) is 13.8. The van der Waals surface area contributed by atoms with Crippen molar-refractivity contribution in [2.45, 2.75) is 11.8 Å². The summed E-state index contributed by atoms with van der Waals surface area (Å²) in [5.74, 6) is 2.85. The van der Waals surface area contributed by atoms with Crippen LogP contribution in [0.5, 0.6) is 5.75 Å². The van der Waals surface area contributed by atoms with E-state index in [-0.39, 0.29) is 0 Å². The van der Waals surface area contributed by atoms with E-state index in [0.717, 1.165) is 16.6 Å². The Bertz CT molecular complexity index is 2270. The summed E-state index contributed by atoms with van der Waals surface area (Å²) in [4.78, 5) is 3.84. The molecule has 0 saturated carbocycles. The second kappa shape index (κ2) is 8.99. The average Bonchev–Trinajstić information content (AvgIpc) is 3.64. The van der Waals surface area contributed by atoms with E-state index in [1.54, 1.807) is 12.1 Å². The monoisotopic (exact) mass is 543 g/mol. The second-order valence-corrected chi connectivity index (χ2v) is 11.7. The first-order valence-electron chi connectivity index (χ1n) is 13.8. The molecule has 0 fully saturated rings. The van der Waals surface area contributed by atoms with E-state index in [1.165, 1.54) is 53.2 Å². The van der Waals surface area contributed by atoms with Crippen molar-refractivity contribution in [3.05, 3.63) is 138 Å². The maximum atomic E-state index is 11.3. The molecule has 1 aliphatic rings. The first kappa shape index (κ1) is 23.8. The number of aromatic hydroxyl groups is 1. The molecule has 41 heavy (non-hydrogen) atoms. The minimum Gasteiger partial charge on any atom is -0.508 e. The molecule has 0 aliphatic heterocycles. The summed E-state index contributed by atoms with van der Waals surface area (Å²) >= 11 is 1.84. The van der Waals surface area contributed by atoms with Gasteiger partial charge in [0.25, 0.3) is 0 Å². The molecule has 1 atom stereocenters. The highest BCUT2D eigenvalue weighted by atomic mass is 32.1. The number of benzene rings is 5. The summed E-state index contributed by atoms with van der Waals surface area (Å²) in [5, 5.41) is 16.3. The van der Waals surface area contributed by atoms with Crippen molar-refractivity contribution in [1.29, 1.82) is 0 Å². The maximum absolute atomic E-state index is 11.3. The zero-order chi connectivity index (χ0) is 27.6. The molecule has 2 nitrogen and oxygen atoms in total. The smallest absolute Gasteiger partial charge is 0.120 e. The van der Waals surface area contributed by atoms with Gasteiger partial charge >= 0.3 is 0 Å². The Morgan fingerprint density at radius 1 is 0.756 bits per heavy atom. The quantitative estimate of drug-likeness (QED) is 0.168. The van der Waals surface area contributed by atoms with Crippen molar-refractivity contribution in [3.63, 3.8) is 0 Å². The van der Waals surface area contributed by atoms with Gasteiger partial charge in [0.05, 0.1) is 10.9 Å². The first-order valence-corrected chi connectivity index (χ1v) is 14.6. The lowest BCUT2D eigenvalue weighted by atomic mass is 9.69. The SMILES string of the molecule is C#C/C=C\C=C/CC1(c2ccccc2O)c2ccccc2-c2c1ccc1c2[nH]c2cc3sc4ccccc4c3cc21. The molecule has 0 radical (unpaired) electrons. The van der Waals surface area contributed by atoms with E-state index in [4.69, 9.17) is 6.42 Å². The third-order valence-corrected chi connectivity index (χ3v) is 9.75. The number of hydrogen-bond acceptors (Lipinski definition) is 2. The number of hydrogen-bond donors (Lipinski definition) is 2. The van der Waals surface area contributed by atoms with Crippen molar-refractivity contribution < 1.29 is 5.11 Å². The summed E-state index contributed by atoms with van der Waals surface area (Å²) in [6, 6.07) is 34.2. The van der Waals surface area contributed by atoms with Crippen molar-refractivity contribution in [2.24, 2.45) is 0 Å². The fourth-order valence-corrected chi connectivity index (χ4v) is 8.06. The summed E-state index contributed by atoms with van der Waals surface area (Å²) < 4.78 is 2.60. The van der Waals surface area contributed by atoms with Crippen LogP contribution in [0.3, 0.4) is 0 Å². The molecule has 1 unspecified atom stereocenters. The number of fused-ring (bicyclic) bond motifs is 10. The topological polar surface area (TPSA) is 36.0 Å². The number of nitrogens with one attached hydrogen (secondary N) is 1. The van der Waals surface area contributed by atoms with Crippen molar-refractivity contribution in [3.8, 4) is 29.2 Å². The minimum atomic E-state index is -0.556. The molecule has 0 amide bonds. The molecule has 1 aliphatic carbocycles. The number of para-hydroxylation sites is 1. The number of thiophene rings is 1. The second-order valence-electron chi connectivity index (χ2n) is 10.7. The Morgan fingerprint density at radius 3 is 2.44 bits per heavy atom. The first-order chi connectivity index (χ1) is 20.2. The zero-order valence-corrected chi connectivity index (χ0v) is 23.0. The van der Waals surface area contributed by atoms with Gasteiger partial charge in [0.2, 0.25) is 0 Å². The normalized spacial score (nSPS) is 16.4. The van der Waals surface area contributed by atoms with Gasteiger partial charge in [-0.2, -0.15) is 0 Å². The van der Waals surface area contributed by atoms with Crippen LogP contribution in [0.25, 0.3) is 53.1 Å². The molecule has 3 heteroatoms. The van der Waals surface area contributed by atoms with Gasteiger partial charge in [0, 0.05) is 47.6 Å². The Hall–Kier alpha value is -5.04. The largest absolute Gasteiger partial charge is 0.508 e. The number of aromatic nitrogens is 1. The van der Waals surface area contributed by atoms with Crippen LogP contribution >= 0.6 is 11.3 Å². The predicted molar refractivity (Wildman–Crippen MR) is 174 cm³/mol. The Balaban J connectivity index is 1.45. The average molecular weight is 544 g/mol. The Labute approximate surface area is 241 Å². The summed E-state index contributed by atoms with van der Waals surface area (Å²) in [7, 11) is 0. The number of phenolic OH excluding ortho intramolecular Hbond substituents is 1. The predicted octanol–water partition coefficient (Wildman–Crippen LogP) is 9.85. The highest BCUT2D eigenvalue weighted by molar-refractivity contribution is 7.25. The number of allylic oxidation sites excluding steroid dienone is 4. The summed E-state index contributed by atoms with van der Waals surface area (Å²) in [5.41, 5.74) is 7.42. The van der Waals surface area contributed by atoms with Crippen LogP contribution in [0.15, 0.2) is 121 Å². The van der Waals surface area contributed by atoms with E-state index in [0.29, 0.717) is 12.2 Å². The maximum Gasteiger partial charge on any atom is 0.120 e. The van der Waals surface area contributed by atoms with E-state index < -0.39 is 5.41 Å². The van der Waals surface area contributed by atoms with E-state index >= 15 is 0 Å². The molecule has 0 spiro atoms. The molecule has 5 aromatic carbocycles. The standard InChI is InChI=1S/C38H25NOS/c1-2-3-4-5-12-21-38(30-16-9-10-17-33(30)40)29-15-8-6-14-26(29)36-31(38)20-19-25-27-22-28-24-13-7-11-18-34(24)41-35(28)23-32(27)39-37(25)36/h1,3-20,22-23,39-40H,21H2/b4-3-,12-5-. The fourth-order valence-electron chi connectivity index (χ4n) is 6.93. The van der Waals surface area contributed by atoms with Crippen LogP contribution in [0.2, 0.25) is 0 Å². The fraction of sp³-hybridized carbons (Fsp3) is 0.0526. The molecular weight excluding hydrogens is 518 g/mol. The Kier molecular flexibility index (Phi) is 5.22. The van der Waals surface area contributed by atoms with Crippen LogP contribution in [-0.4, -0.2) is 10.1 Å². The third kappa shape index (κ3) is 3.32. The van der Waals surface area contributed by atoms with Crippen molar-refractivity contribution >= 4 is 53.3 Å². The minimum absolute atomic E-state index is 0.298. The number of aromatic amines is 1. The van der Waals surface area contributed by atoms with Gasteiger partial charge in [-0.05, 0) is 53.5 Å². The third-order valence-electron chi connectivity index (χ3n) is 8.62. The lowest BCUT2D eigenvalue weighted by Gasteiger charge is -2.32. The van der Waals surface area contributed by atoms with Gasteiger partial charge < -0.3 is 10.1 Å². The van der Waals surface area contributed by atoms with Gasteiger partial charge in [-0.15, -0.1) is 17.8 Å². The van der Waals surface area contributed by atoms with Crippen LogP contribution in [0, 0.1) is 12.3 Å². The van der Waals surface area contributed by atoms with Crippen LogP contribution in [0.1, 0.15) is 23.1 Å². The van der Waals surface area contributed by atoms with Gasteiger partial charge in [-0.3, -0.25) is 0 Å². The number of rotatable bonds is 4. The lowest BCUT2D eigenvalue weighted by Crippen LogP contribution is -2.26. The van der Waals surface area contributed by atoms with Gasteiger partial charge in [0.1, 0.15) is 5.75 Å². The van der Waals surface area contributed by atoms with Crippen LogP contribution < -0.4 is 0 Å². The number of H-pyrrole nitrogens is 1. The highest BCUT2D eigenvalue weighted by Gasteiger charge is 2.46. The molecule has 0 bridgehead atoms. The highest BCUT2D eigenvalue weighted by Crippen LogP contribution is 2.58. The molecule has 7 aromatic rings. The molecule has 8 rings (SSSR count). The molecular formula is C38H25NOS. The molecule has 2 heterocycles.